The minimum absolute atomic E-state index is 0.216. The normalized spacial score (nSPS) is 15.1. The van der Waals surface area contributed by atoms with Gasteiger partial charge in [0, 0.05) is 30.1 Å². The molecule has 6 nitrogen and oxygen atoms in total. The van der Waals surface area contributed by atoms with Crippen molar-refractivity contribution in [1.82, 2.24) is 9.78 Å². The van der Waals surface area contributed by atoms with Crippen LogP contribution in [0.2, 0.25) is 5.02 Å². The molecule has 138 valence electrons. The van der Waals surface area contributed by atoms with E-state index >= 15 is 0 Å². The van der Waals surface area contributed by atoms with Crippen LogP contribution in [0.3, 0.4) is 0 Å². The number of ether oxygens (including phenoxy) is 2. The monoisotopic (exact) mass is 383 g/mol. The number of methoxy groups -OCH3 is 1. The second-order valence-electron chi connectivity index (χ2n) is 6.32. The van der Waals surface area contributed by atoms with E-state index in [1.165, 1.54) is 0 Å². The fourth-order valence-corrected chi connectivity index (χ4v) is 3.25. The zero-order valence-corrected chi connectivity index (χ0v) is 15.7. The summed E-state index contributed by atoms with van der Waals surface area (Å²) in [7, 11) is 3.41. The number of hydrogen-bond acceptors (Lipinski definition) is 4. The zero-order chi connectivity index (χ0) is 19.0. The van der Waals surface area contributed by atoms with E-state index in [0.29, 0.717) is 23.0 Å². The van der Waals surface area contributed by atoms with E-state index in [1.54, 1.807) is 31.0 Å². The Labute approximate surface area is 161 Å². The van der Waals surface area contributed by atoms with Crippen LogP contribution in [0.1, 0.15) is 5.56 Å². The maximum Gasteiger partial charge on any atom is 0.266 e. The summed E-state index contributed by atoms with van der Waals surface area (Å²) in [5, 5.41) is 8.00. The van der Waals surface area contributed by atoms with Crippen molar-refractivity contribution in [1.29, 1.82) is 0 Å². The van der Waals surface area contributed by atoms with E-state index in [4.69, 9.17) is 21.1 Å². The Bertz CT molecular complexity index is 998. The third-order valence-corrected chi connectivity index (χ3v) is 4.74. The molecule has 1 aliphatic heterocycles. The molecule has 2 aromatic carbocycles. The number of aromatic nitrogens is 2. The van der Waals surface area contributed by atoms with E-state index in [9.17, 15) is 4.79 Å². The Morgan fingerprint density at radius 3 is 2.78 bits per heavy atom. The van der Waals surface area contributed by atoms with Crippen molar-refractivity contribution in [3.05, 3.63) is 59.1 Å². The highest BCUT2D eigenvalue weighted by atomic mass is 35.5. The van der Waals surface area contributed by atoms with Gasteiger partial charge in [-0.2, -0.15) is 5.10 Å². The van der Waals surface area contributed by atoms with Crippen molar-refractivity contribution in [2.45, 2.75) is 12.5 Å². The number of fused-ring (bicyclic) bond motifs is 1. The Morgan fingerprint density at radius 2 is 2.04 bits per heavy atom. The molecule has 0 saturated carbocycles. The van der Waals surface area contributed by atoms with Crippen molar-refractivity contribution in [2.75, 3.05) is 12.4 Å². The topological polar surface area (TPSA) is 65.4 Å². The number of nitrogens with zero attached hydrogens (tertiary/aromatic N) is 2. The lowest BCUT2D eigenvalue weighted by atomic mass is 10.1. The first-order chi connectivity index (χ1) is 13.0. The molecule has 0 spiro atoms. The highest BCUT2D eigenvalue weighted by molar-refractivity contribution is 6.30. The maximum absolute atomic E-state index is 12.6. The number of nitrogens with one attached hydrogen (secondary N) is 1. The van der Waals surface area contributed by atoms with E-state index in [2.05, 4.69) is 10.4 Å². The number of amides is 1. The fourth-order valence-electron chi connectivity index (χ4n) is 3.06. The van der Waals surface area contributed by atoms with Crippen LogP contribution in [0.5, 0.6) is 11.5 Å². The minimum Gasteiger partial charge on any atom is -0.497 e. The van der Waals surface area contributed by atoms with Crippen LogP contribution in [0, 0.1) is 0 Å². The summed E-state index contributed by atoms with van der Waals surface area (Å²) in [6.07, 6.45) is -0.0944. The number of rotatable bonds is 4. The molecule has 1 atom stereocenters. The first kappa shape index (κ1) is 17.4. The number of benzene rings is 2. The molecule has 0 bridgehead atoms. The van der Waals surface area contributed by atoms with Crippen LogP contribution in [-0.4, -0.2) is 28.9 Å². The number of carbonyl (C=O) groups is 1. The Hall–Kier alpha value is -2.99. The Kier molecular flexibility index (Phi) is 4.49. The second-order valence-corrected chi connectivity index (χ2v) is 6.76. The van der Waals surface area contributed by atoms with Crippen molar-refractivity contribution >= 4 is 23.3 Å². The van der Waals surface area contributed by atoms with Crippen LogP contribution < -0.4 is 14.8 Å². The number of hydrogen-bond donors (Lipinski definition) is 1. The lowest BCUT2D eigenvalue weighted by molar-refractivity contribution is -0.122. The largest absolute Gasteiger partial charge is 0.497 e. The molecule has 7 heteroatoms. The summed E-state index contributed by atoms with van der Waals surface area (Å²) in [4.78, 5) is 12.6. The molecule has 0 aliphatic carbocycles. The van der Waals surface area contributed by atoms with Crippen LogP contribution >= 0.6 is 11.6 Å². The molecule has 0 radical (unpaired) electrons. The van der Waals surface area contributed by atoms with Gasteiger partial charge in [0.2, 0.25) is 0 Å². The molecule has 0 fully saturated rings. The quantitative estimate of drug-likeness (QED) is 0.746. The molecule has 27 heavy (non-hydrogen) atoms. The SMILES string of the molecule is COc1ccc(-c2cc(NC(=O)[C@H]3Cc4cc(Cl)ccc4O3)n(C)n2)cc1. The Morgan fingerprint density at radius 1 is 1.26 bits per heavy atom. The molecule has 1 aliphatic rings. The summed E-state index contributed by atoms with van der Waals surface area (Å²) in [5.74, 6) is 1.86. The van der Waals surface area contributed by atoms with Crippen LogP contribution in [0.25, 0.3) is 11.3 Å². The van der Waals surface area contributed by atoms with Gasteiger partial charge in [0.15, 0.2) is 6.10 Å². The maximum atomic E-state index is 12.6. The minimum atomic E-state index is -0.585. The standard InChI is InChI=1S/C20H18ClN3O3/c1-24-19(11-16(23-24)12-3-6-15(26-2)7-4-12)22-20(25)18-10-13-9-14(21)5-8-17(13)27-18/h3-9,11,18H,10H2,1-2H3,(H,22,25)/t18-/m1/s1. The number of anilines is 1. The molecule has 1 N–H and O–H groups in total. The van der Waals surface area contributed by atoms with Gasteiger partial charge >= 0.3 is 0 Å². The van der Waals surface area contributed by atoms with Gasteiger partial charge in [-0.25, -0.2) is 0 Å². The van der Waals surface area contributed by atoms with Gasteiger partial charge in [-0.3, -0.25) is 9.48 Å². The fraction of sp³-hybridized carbons (Fsp3) is 0.200. The summed E-state index contributed by atoms with van der Waals surface area (Å²) in [6, 6.07) is 14.8. The molecule has 2 heterocycles. The summed E-state index contributed by atoms with van der Waals surface area (Å²) in [6.45, 7) is 0. The highest BCUT2D eigenvalue weighted by Crippen LogP contribution is 2.31. The van der Waals surface area contributed by atoms with E-state index in [1.807, 2.05) is 36.4 Å². The zero-order valence-electron chi connectivity index (χ0n) is 14.9. The van der Waals surface area contributed by atoms with Gasteiger partial charge in [0.05, 0.1) is 12.8 Å². The molecule has 1 amide bonds. The average Bonchev–Trinajstić information content (AvgIpc) is 3.25. The van der Waals surface area contributed by atoms with Crippen LogP contribution in [0.4, 0.5) is 5.82 Å². The van der Waals surface area contributed by atoms with Gasteiger partial charge < -0.3 is 14.8 Å². The lowest BCUT2D eigenvalue weighted by Crippen LogP contribution is -2.32. The molecular weight excluding hydrogens is 366 g/mol. The van der Waals surface area contributed by atoms with Crippen LogP contribution in [0.15, 0.2) is 48.5 Å². The van der Waals surface area contributed by atoms with Gasteiger partial charge in [-0.15, -0.1) is 0 Å². The smallest absolute Gasteiger partial charge is 0.266 e. The van der Waals surface area contributed by atoms with E-state index in [-0.39, 0.29) is 5.91 Å². The van der Waals surface area contributed by atoms with Gasteiger partial charge in [-0.1, -0.05) is 11.6 Å². The van der Waals surface area contributed by atoms with Crippen molar-refractivity contribution in [3.63, 3.8) is 0 Å². The average molecular weight is 384 g/mol. The van der Waals surface area contributed by atoms with Crippen molar-refractivity contribution < 1.29 is 14.3 Å². The molecule has 1 aromatic heterocycles. The van der Waals surface area contributed by atoms with Crippen molar-refractivity contribution in [2.24, 2.45) is 7.05 Å². The summed E-state index contributed by atoms with van der Waals surface area (Å²) < 4.78 is 12.5. The Balaban J connectivity index is 1.48. The molecule has 0 unspecified atom stereocenters. The third-order valence-electron chi connectivity index (χ3n) is 4.51. The number of carbonyl (C=O) groups excluding carboxylic acids is 1. The van der Waals surface area contributed by atoms with E-state index in [0.717, 1.165) is 22.6 Å². The first-order valence-electron chi connectivity index (χ1n) is 8.48. The summed E-state index contributed by atoms with van der Waals surface area (Å²) in [5.41, 5.74) is 2.63. The lowest BCUT2D eigenvalue weighted by Gasteiger charge is -2.11. The number of halogens is 1. The number of aryl methyl sites for hydroxylation is 1. The molecule has 0 saturated heterocycles. The highest BCUT2D eigenvalue weighted by Gasteiger charge is 2.29. The van der Waals surface area contributed by atoms with Gasteiger partial charge in [0.1, 0.15) is 17.3 Å². The molecule has 3 aromatic rings. The van der Waals surface area contributed by atoms with Crippen LogP contribution in [-0.2, 0) is 18.3 Å². The van der Waals surface area contributed by atoms with Gasteiger partial charge in [0.25, 0.3) is 5.91 Å². The predicted molar refractivity (Wildman–Crippen MR) is 103 cm³/mol. The predicted octanol–water partition coefficient (Wildman–Crippen LogP) is 3.69. The molecule has 4 rings (SSSR count). The first-order valence-corrected chi connectivity index (χ1v) is 8.85. The second kappa shape index (κ2) is 6.96. The molecular formula is C20H18ClN3O3. The van der Waals surface area contributed by atoms with E-state index < -0.39 is 6.10 Å². The third kappa shape index (κ3) is 3.48. The summed E-state index contributed by atoms with van der Waals surface area (Å²) >= 11 is 6.01. The van der Waals surface area contributed by atoms with Gasteiger partial charge in [-0.05, 0) is 48.0 Å². The van der Waals surface area contributed by atoms with Crippen molar-refractivity contribution in [3.8, 4) is 22.8 Å².